The van der Waals surface area contributed by atoms with Gasteiger partial charge in [0.2, 0.25) is 5.91 Å². The number of hydrogen-bond acceptors (Lipinski definition) is 4. The molecule has 0 bridgehead atoms. The molecule has 122 valence electrons. The van der Waals surface area contributed by atoms with E-state index in [9.17, 15) is 9.59 Å². The van der Waals surface area contributed by atoms with Crippen LogP contribution in [0.5, 0.6) is 0 Å². The van der Waals surface area contributed by atoms with Gasteiger partial charge in [0.25, 0.3) is 0 Å². The highest BCUT2D eigenvalue weighted by molar-refractivity contribution is 5.99. The zero-order valence-electron chi connectivity index (χ0n) is 13.4. The molecular formula is C17H21N3O3. The predicted octanol–water partition coefficient (Wildman–Crippen LogP) is 2.05. The van der Waals surface area contributed by atoms with Gasteiger partial charge in [0.1, 0.15) is 5.69 Å². The van der Waals surface area contributed by atoms with E-state index in [1.54, 1.807) is 17.6 Å². The van der Waals surface area contributed by atoms with Gasteiger partial charge in [0.15, 0.2) is 0 Å². The van der Waals surface area contributed by atoms with E-state index >= 15 is 0 Å². The molecule has 1 saturated heterocycles. The van der Waals surface area contributed by atoms with Crippen LogP contribution in [0.1, 0.15) is 30.3 Å². The fraction of sp³-hybridized carbons (Fsp3) is 0.412. The first-order chi connectivity index (χ1) is 11.1. The highest BCUT2D eigenvalue weighted by Crippen LogP contribution is 2.23. The minimum atomic E-state index is -0.341. The van der Waals surface area contributed by atoms with E-state index in [0.717, 1.165) is 36.0 Å². The lowest BCUT2D eigenvalue weighted by molar-refractivity contribution is -0.117. The molecule has 1 aliphatic rings. The van der Waals surface area contributed by atoms with Gasteiger partial charge >= 0.3 is 5.97 Å². The van der Waals surface area contributed by atoms with Crippen molar-refractivity contribution in [3.05, 3.63) is 30.0 Å². The first kappa shape index (κ1) is 15.6. The number of nitrogens with one attached hydrogen (secondary N) is 2. The number of benzene rings is 1. The summed E-state index contributed by atoms with van der Waals surface area (Å²) in [6.45, 7) is 3.01. The smallest absolute Gasteiger partial charge is 0.354 e. The lowest BCUT2D eigenvalue weighted by Crippen LogP contribution is -2.35. The third kappa shape index (κ3) is 3.07. The highest BCUT2D eigenvalue weighted by atomic mass is 16.5. The van der Waals surface area contributed by atoms with E-state index in [4.69, 9.17) is 4.74 Å². The van der Waals surface area contributed by atoms with Crippen LogP contribution in [0.4, 0.5) is 5.69 Å². The predicted molar refractivity (Wildman–Crippen MR) is 88.5 cm³/mol. The van der Waals surface area contributed by atoms with Crippen LogP contribution in [0.15, 0.2) is 24.3 Å². The minimum absolute atomic E-state index is 0.0107. The molecule has 2 heterocycles. The number of hydrogen-bond donors (Lipinski definition) is 2. The van der Waals surface area contributed by atoms with E-state index in [1.165, 1.54) is 0 Å². The van der Waals surface area contributed by atoms with Gasteiger partial charge in [-0.1, -0.05) is 0 Å². The van der Waals surface area contributed by atoms with E-state index in [0.29, 0.717) is 12.3 Å². The van der Waals surface area contributed by atoms with E-state index in [2.05, 4.69) is 10.6 Å². The van der Waals surface area contributed by atoms with E-state index in [1.807, 2.05) is 25.2 Å². The number of rotatable bonds is 4. The highest BCUT2D eigenvalue weighted by Gasteiger charge is 2.22. The summed E-state index contributed by atoms with van der Waals surface area (Å²) < 4.78 is 6.87. The third-order valence-corrected chi connectivity index (χ3v) is 4.17. The summed E-state index contributed by atoms with van der Waals surface area (Å²) >= 11 is 0. The lowest BCUT2D eigenvalue weighted by atomic mass is 10.2. The average Bonchev–Trinajstić information content (AvgIpc) is 3.16. The summed E-state index contributed by atoms with van der Waals surface area (Å²) in [4.78, 5) is 24.1. The third-order valence-electron chi connectivity index (χ3n) is 4.17. The van der Waals surface area contributed by atoms with Gasteiger partial charge in [0.05, 0.1) is 12.6 Å². The number of ether oxygens (including phenoxy) is 1. The summed E-state index contributed by atoms with van der Waals surface area (Å²) in [6.07, 6.45) is 1.89. The van der Waals surface area contributed by atoms with Crippen molar-refractivity contribution >= 4 is 28.5 Å². The summed E-state index contributed by atoms with van der Waals surface area (Å²) in [5, 5.41) is 7.01. The van der Waals surface area contributed by atoms with Crippen molar-refractivity contribution in [2.24, 2.45) is 7.05 Å². The summed E-state index contributed by atoms with van der Waals surface area (Å²) in [5.41, 5.74) is 2.16. The summed E-state index contributed by atoms with van der Waals surface area (Å²) in [6, 6.07) is 7.30. The summed E-state index contributed by atoms with van der Waals surface area (Å²) in [7, 11) is 1.83. The van der Waals surface area contributed by atoms with Gasteiger partial charge in [-0.05, 0) is 50.6 Å². The van der Waals surface area contributed by atoms with Crippen LogP contribution in [-0.4, -0.2) is 35.6 Å². The van der Waals surface area contributed by atoms with Crippen molar-refractivity contribution in [3.8, 4) is 0 Å². The molecule has 1 unspecified atom stereocenters. The molecule has 2 N–H and O–H groups in total. The molecule has 2 aromatic rings. The standard InChI is InChI=1S/C17H21N3O3/c1-3-23-17(22)15-10-11-9-12(6-7-14(11)20(15)2)19-16(21)13-5-4-8-18-13/h6-7,9-10,13,18H,3-5,8H2,1-2H3,(H,19,21). The van der Waals surface area contributed by atoms with Crippen LogP contribution in [0.25, 0.3) is 10.9 Å². The number of carbonyl (C=O) groups is 2. The molecule has 6 nitrogen and oxygen atoms in total. The Morgan fingerprint density at radius 2 is 2.22 bits per heavy atom. The molecule has 0 saturated carbocycles. The van der Waals surface area contributed by atoms with Crippen LogP contribution < -0.4 is 10.6 Å². The number of amides is 1. The second kappa shape index (κ2) is 6.42. The van der Waals surface area contributed by atoms with Gasteiger partial charge in [-0.15, -0.1) is 0 Å². The quantitative estimate of drug-likeness (QED) is 0.847. The molecule has 23 heavy (non-hydrogen) atoms. The Balaban J connectivity index is 1.84. The molecule has 1 atom stereocenters. The second-order valence-electron chi connectivity index (χ2n) is 5.72. The zero-order chi connectivity index (χ0) is 16.4. The van der Waals surface area contributed by atoms with E-state index < -0.39 is 0 Å². The van der Waals surface area contributed by atoms with Crippen LogP contribution >= 0.6 is 0 Å². The van der Waals surface area contributed by atoms with Crippen LogP contribution in [0, 0.1) is 0 Å². The first-order valence-electron chi connectivity index (χ1n) is 7.91. The largest absolute Gasteiger partial charge is 0.461 e. The first-order valence-corrected chi connectivity index (χ1v) is 7.91. The SMILES string of the molecule is CCOC(=O)c1cc2cc(NC(=O)C3CCCN3)ccc2n1C. The van der Waals surface area contributed by atoms with Gasteiger partial charge in [0, 0.05) is 23.6 Å². The van der Waals surface area contributed by atoms with E-state index in [-0.39, 0.29) is 17.9 Å². The maximum atomic E-state index is 12.2. The van der Waals surface area contributed by atoms with Gasteiger partial charge in [-0.25, -0.2) is 4.79 Å². The van der Waals surface area contributed by atoms with Crippen molar-refractivity contribution in [1.82, 2.24) is 9.88 Å². The van der Waals surface area contributed by atoms with Crippen LogP contribution in [0.3, 0.4) is 0 Å². The summed E-state index contributed by atoms with van der Waals surface area (Å²) in [5.74, 6) is -0.352. The normalized spacial score (nSPS) is 17.4. The number of aryl methyl sites for hydroxylation is 1. The molecule has 6 heteroatoms. The maximum Gasteiger partial charge on any atom is 0.354 e. The molecule has 1 aliphatic heterocycles. The Morgan fingerprint density at radius 3 is 2.91 bits per heavy atom. The zero-order valence-corrected chi connectivity index (χ0v) is 13.4. The van der Waals surface area contributed by atoms with Gasteiger partial charge in [-0.3, -0.25) is 4.79 Å². The van der Waals surface area contributed by atoms with Crippen LogP contribution in [0.2, 0.25) is 0 Å². The maximum absolute atomic E-state index is 12.2. The fourth-order valence-corrected chi connectivity index (χ4v) is 2.97. The second-order valence-corrected chi connectivity index (χ2v) is 5.72. The van der Waals surface area contributed by atoms with Crippen molar-refractivity contribution in [2.75, 3.05) is 18.5 Å². The Bertz CT molecular complexity index is 745. The molecule has 1 fully saturated rings. The molecule has 3 rings (SSSR count). The lowest BCUT2D eigenvalue weighted by Gasteiger charge is -2.11. The van der Waals surface area contributed by atoms with Gasteiger partial charge < -0.3 is 19.9 Å². The molecular weight excluding hydrogens is 294 g/mol. The molecule has 0 radical (unpaired) electrons. The number of aromatic nitrogens is 1. The van der Waals surface area contributed by atoms with Crippen LogP contribution in [-0.2, 0) is 16.6 Å². The fourth-order valence-electron chi connectivity index (χ4n) is 2.97. The number of anilines is 1. The Morgan fingerprint density at radius 1 is 1.39 bits per heavy atom. The number of esters is 1. The molecule has 0 aliphatic carbocycles. The molecule has 1 amide bonds. The monoisotopic (exact) mass is 315 g/mol. The Hall–Kier alpha value is -2.34. The Labute approximate surface area is 134 Å². The molecule has 1 aromatic carbocycles. The molecule has 0 spiro atoms. The number of fused-ring (bicyclic) bond motifs is 1. The van der Waals surface area contributed by atoms with Crippen molar-refractivity contribution < 1.29 is 14.3 Å². The molecule has 1 aromatic heterocycles. The number of nitrogens with zero attached hydrogens (tertiary/aromatic N) is 1. The topological polar surface area (TPSA) is 72.4 Å². The number of carbonyl (C=O) groups excluding carboxylic acids is 2. The Kier molecular flexibility index (Phi) is 4.34. The van der Waals surface area contributed by atoms with Crippen molar-refractivity contribution in [1.29, 1.82) is 0 Å². The minimum Gasteiger partial charge on any atom is -0.461 e. The van der Waals surface area contributed by atoms with Crippen molar-refractivity contribution in [3.63, 3.8) is 0 Å². The van der Waals surface area contributed by atoms with Gasteiger partial charge in [-0.2, -0.15) is 0 Å². The van der Waals surface area contributed by atoms with Crippen molar-refractivity contribution in [2.45, 2.75) is 25.8 Å². The average molecular weight is 315 g/mol.